The summed E-state index contributed by atoms with van der Waals surface area (Å²) in [5.41, 5.74) is -0.645. The van der Waals surface area contributed by atoms with Crippen LogP contribution in [0.4, 0.5) is 18.9 Å². The van der Waals surface area contributed by atoms with Crippen molar-refractivity contribution in [2.24, 2.45) is 7.05 Å². The zero-order valence-corrected chi connectivity index (χ0v) is 10.7. The second-order valence-electron chi connectivity index (χ2n) is 4.55. The average Bonchev–Trinajstić information content (AvgIpc) is 2.31. The predicted molar refractivity (Wildman–Crippen MR) is 68.5 cm³/mol. The Kier molecular flexibility index (Phi) is 3.04. The van der Waals surface area contributed by atoms with Gasteiger partial charge in [-0.2, -0.15) is 13.2 Å². The largest absolute Gasteiger partial charge is 0.417 e. The molecule has 0 spiro atoms. The lowest BCUT2D eigenvalue weighted by Crippen LogP contribution is -2.21. The van der Waals surface area contributed by atoms with E-state index in [2.05, 4.69) is 0 Å². The van der Waals surface area contributed by atoms with Gasteiger partial charge in [-0.05, 0) is 18.2 Å². The van der Waals surface area contributed by atoms with Crippen LogP contribution in [-0.4, -0.2) is 18.7 Å². The number of aromatic nitrogens is 1. The van der Waals surface area contributed by atoms with Gasteiger partial charge in [0, 0.05) is 38.3 Å². The molecule has 0 aliphatic rings. The number of anilines is 1. The van der Waals surface area contributed by atoms with E-state index in [1.54, 1.807) is 25.1 Å². The number of alkyl halides is 3. The lowest BCUT2D eigenvalue weighted by Gasteiger charge is -2.17. The molecule has 6 heteroatoms. The van der Waals surface area contributed by atoms with Gasteiger partial charge in [-0.1, -0.05) is 0 Å². The summed E-state index contributed by atoms with van der Waals surface area (Å²) in [6.07, 6.45) is -4.55. The molecule has 0 N–H and O–H groups in total. The first-order valence-electron chi connectivity index (χ1n) is 5.60. The molecule has 0 radical (unpaired) electrons. The summed E-state index contributed by atoms with van der Waals surface area (Å²) in [6.45, 7) is 0. The summed E-state index contributed by atoms with van der Waals surface area (Å²) in [4.78, 5) is 13.3. The third-order valence-corrected chi connectivity index (χ3v) is 3.05. The van der Waals surface area contributed by atoms with Crippen LogP contribution in [0.2, 0.25) is 0 Å². The van der Waals surface area contributed by atoms with E-state index in [4.69, 9.17) is 0 Å². The van der Waals surface area contributed by atoms with Crippen LogP contribution in [-0.2, 0) is 13.2 Å². The van der Waals surface area contributed by atoms with Gasteiger partial charge in [0.05, 0.1) is 11.1 Å². The van der Waals surface area contributed by atoms with Crippen LogP contribution in [0.25, 0.3) is 10.9 Å². The molecular weight excluding hydrogens is 257 g/mol. The van der Waals surface area contributed by atoms with Crippen molar-refractivity contribution in [2.45, 2.75) is 6.18 Å². The van der Waals surface area contributed by atoms with Gasteiger partial charge in [-0.3, -0.25) is 4.79 Å². The molecule has 0 saturated carbocycles. The minimum absolute atomic E-state index is 0.0285. The molecule has 3 nitrogen and oxygen atoms in total. The van der Waals surface area contributed by atoms with Crippen molar-refractivity contribution in [1.29, 1.82) is 0 Å². The van der Waals surface area contributed by atoms with Crippen molar-refractivity contribution in [3.8, 4) is 0 Å². The van der Waals surface area contributed by atoms with Gasteiger partial charge in [0.2, 0.25) is 0 Å². The third kappa shape index (κ3) is 2.30. The maximum Gasteiger partial charge on any atom is 0.417 e. The van der Waals surface area contributed by atoms with E-state index in [0.717, 1.165) is 0 Å². The Balaban J connectivity index is 2.91. The fraction of sp³-hybridized carbons (Fsp3) is 0.308. The molecule has 0 atom stereocenters. The zero-order chi connectivity index (χ0) is 14.4. The molecule has 102 valence electrons. The fourth-order valence-corrected chi connectivity index (χ4v) is 1.96. The third-order valence-electron chi connectivity index (χ3n) is 3.05. The van der Waals surface area contributed by atoms with Crippen LogP contribution in [0.15, 0.2) is 29.1 Å². The summed E-state index contributed by atoms with van der Waals surface area (Å²) in [5, 5.41) is 0.0285. The van der Waals surface area contributed by atoms with Crippen LogP contribution < -0.4 is 10.5 Å². The van der Waals surface area contributed by atoms with Gasteiger partial charge in [-0.25, -0.2) is 0 Å². The topological polar surface area (TPSA) is 25.2 Å². The number of hydrogen-bond acceptors (Lipinski definition) is 2. The quantitative estimate of drug-likeness (QED) is 0.796. The molecule has 0 aliphatic heterocycles. The Labute approximate surface area is 107 Å². The van der Waals surface area contributed by atoms with E-state index < -0.39 is 17.3 Å². The average molecular weight is 270 g/mol. The summed E-state index contributed by atoms with van der Waals surface area (Å²) in [7, 11) is 4.95. The number of benzene rings is 1. The van der Waals surface area contributed by atoms with E-state index in [1.807, 2.05) is 0 Å². The highest BCUT2D eigenvalue weighted by molar-refractivity contribution is 5.86. The number of nitrogens with zero attached hydrogens (tertiary/aromatic N) is 2. The number of fused-ring (bicyclic) bond motifs is 1. The van der Waals surface area contributed by atoms with Crippen LogP contribution in [0.5, 0.6) is 0 Å². The second kappa shape index (κ2) is 4.29. The molecule has 0 unspecified atom stereocenters. The highest BCUT2D eigenvalue weighted by Crippen LogP contribution is 2.34. The molecule has 1 aromatic heterocycles. The molecule has 0 bridgehead atoms. The number of halogens is 3. The molecule has 2 rings (SSSR count). The molecule has 0 fully saturated rings. The van der Waals surface area contributed by atoms with Gasteiger partial charge in [0.15, 0.2) is 0 Å². The second-order valence-corrected chi connectivity index (χ2v) is 4.55. The standard InChI is InChI=1S/C13H13F3N2O/c1-17(2)8-4-5-11-9(6-8)10(13(14,15)16)7-12(19)18(11)3/h4-7H,1-3H3. The van der Waals surface area contributed by atoms with Crippen LogP contribution in [0.3, 0.4) is 0 Å². The maximum atomic E-state index is 13.0. The summed E-state index contributed by atoms with van der Waals surface area (Å²) in [6, 6.07) is 5.29. The van der Waals surface area contributed by atoms with Crippen LogP contribution in [0.1, 0.15) is 5.56 Å². The van der Waals surface area contributed by atoms with Crippen molar-refractivity contribution in [3.63, 3.8) is 0 Å². The lowest BCUT2D eigenvalue weighted by molar-refractivity contribution is -0.136. The molecule has 1 aromatic carbocycles. The Morgan fingerprint density at radius 3 is 2.32 bits per heavy atom. The van der Waals surface area contributed by atoms with E-state index in [-0.39, 0.29) is 10.9 Å². The van der Waals surface area contributed by atoms with Gasteiger partial charge in [0.25, 0.3) is 5.56 Å². The maximum absolute atomic E-state index is 13.0. The Morgan fingerprint density at radius 1 is 1.16 bits per heavy atom. The van der Waals surface area contributed by atoms with E-state index in [9.17, 15) is 18.0 Å². The Bertz CT molecular complexity index is 687. The lowest BCUT2D eigenvalue weighted by atomic mass is 10.1. The number of rotatable bonds is 1. The molecule has 0 saturated heterocycles. The normalized spacial score (nSPS) is 11.9. The SMILES string of the molecule is CN(C)c1ccc2c(c1)c(C(F)(F)F)cc(=O)n2C. The first-order valence-corrected chi connectivity index (χ1v) is 5.60. The van der Waals surface area contributed by atoms with Gasteiger partial charge < -0.3 is 9.47 Å². The number of hydrogen-bond donors (Lipinski definition) is 0. The first kappa shape index (κ1) is 13.5. The molecule has 0 aliphatic carbocycles. The van der Waals surface area contributed by atoms with Crippen molar-refractivity contribution in [3.05, 3.63) is 40.2 Å². The van der Waals surface area contributed by atoms with Crippen LogP contribution in [0, 0.1) is 0 Å². The first-order chi connectivity index (χ1) is 8.71. The van der Waals surface area contributed by atoms with E-state index in [1.165, 1.54) is 23.7 Å². The summed E-state index contributed by atoms with van der Waals surface area (Å²) >= 11 is 0. The fourth-order valence-electron chi connectivity index (χ4n) is 1.96. The van der Waals surface area contributed by atoms with Crippen molar-refractivity contribution >= 4 is 16.6 Å². The minimum atomic E-state index is -4.55. The molecular formula is C13H13F3N2O. The minimum Gasteiger partial charge on any atom is -0.378 e. The molecule has 19 heavy (non-hydrogen) atoms. The molecule has 0 amide bonds. The molecule has 1 heterocycles. The highest BCUT2D eigenvalue weighted by atomic mass is 19.4. The van der Waals surface area contributed by atoms with E-state index in [0.29, 0.717) is 11.8 Å². The van der Waals surface area contributed by atoms with Crippen molar-refractivity contribution in [1.82, 2.24) is 4.57 Å². The van der Waals surface area contributed by atoms with Gasteiger partial charge in [0.1, 0.15) is 0 Å². The number of aryl methyl sites for hydroxylation is 1. The Hall–Kier alpha value is -1.98. The monoisotopic (exact) mass is 270 g/mol. The molecule has 2 aromatic rings. The summed E-state index contributed by atoms with van der Waals surface area (Å²) in [5.74, 6) is 0. The number of pyridine rings is 1. The van der Waals surface area contributed by atoms with Gasteiger partial charge in [-0.15, -0.1) is 0 Å². The predicted octanol–water partition coefficient (Wildman–Crippen LogP) is 2.62. The zero-order valence-electron chi connectivity index (χ0n) is 10.7. The van der Waals surface area contributed by atoms with Crippen LogP contribution >= 0.6 is 0 Å². The Morgan fingerprint density at radius 2 is 1.79 bits per heavy atom. The smallest absolute Gasteiger partial charge is 0.378 e. The van der Waals surface area contributed by atoms with Crippen molar-refractivity contribution in [2.75, 3.05) is 19.0 Å². The highest BCUT2D eigenvalue weighted by Gasteiger charge is 2.33. The van der Waals surface area contributed by atoms with Gasteiger partial charge >= 0.3 is 6.18 Å². The van der Waals surface area contributed by atoms with Crippen molar-refractivity contribution < 1.29 is 13.2 Å². The summed E-state index contributed by atoms with van der Waals surface area (Å²) < 4.78 is 40.2. The van der Waals surface area contributed by atoms with E-state index >= 15 is 0 Å².